The van der Waals surface area contributed by atoms with E-state index in [2.05, 4.69) is 4.98 Å². The molecular weight excluding hydrogens is 264 g/mol. The predicted molar refractivity (Wildman–Crippen MR) is 72.3 cm³/mol. The molecule has 0 fully saturated rings. The summed E-state index contributed by atoms with van der Waals surface area (Å²) in [6.07, 6.45) is 1.16. The molecule has 0 aromatic carbocycles. The van der Waals surface area contributed by atoms with E-state index in [1.54, 1.807) is 4.90 Å². The third-order valence-electron chi connectivity index (χ3n) is 2.55. The molecule has 8 nitrogen and oxygen atoms in total. The van der Waals surface area contributed by atoms with Crippen LogP contribution in [0.25, 0.3) is 0 Å². The number of Topliss-reactive ketones (excluding diaryl/α,β-unsaturated/α-hetero) is 1. The molecule has 3 N–H and O–H groups in total. The molecule has 20 heavy (non-hydrogen) atoms. The van der Waals surface area contributed by atoms with Gasteiger partial charge in [0.25, 0.3) is 5.69 Å². The smallest absolute Gasteiger partial charge is 0.287 e. The highest BCUT2D eigenvalue weighted by Crippen LogP contribution is 2.13. The summed E-state index contributed by atoms with van der Waals surface area (Å²) in [5, 5.41) is 10.6. The second kappa shape index (κ2) is 6.80. The highest BCUT2D eigenvalue weighted by molar-refractivity contribution is 5.96. The van der Waals surface area contributed by atoms with E-state index < -0.39 is 10.8 Å². The van der Waals surface area contributed by atoms with Crippen molar-refractivity contribution in [2.45, 2.75) is 13.8 Å². The number of aromatic nitrogens is 1. The molecule has 1 aromatic heterocycles. The van der Waals surface area contributed by atoms with E-state index in [1.165, 1.54) is 6.07 Å². The van der Waals surface area contributed by atoms with Crippen LogP contribution in [0, 0.1) is 16.0 Å². The van der Waals surface area contributed by atoms with Gasteiger partial charge in [-0.05, 0) is 5.92 Å². The number of H-pyrrole nitrogens is 1. The number of hydrogen-bond acceptors (Lipinski definition) is 5. The summed E-state index contributed by atoms with van der Waals surface area (Å²) in [4.78, 5) is 37.1. The zero-order valence-corrected chi connectivity index (χ0v) is 11.5. The molecule has 0 unspecified atom stereocenters. The van der Waals surface area contributed by atoms with Gasteiger partial charge in [-0.15, -0.1) is 0 Å². The summed E-state index contributed by atoms with van der Waals surface area (Å²) >= 11 is 0. The third kappa shape index (κ3) is 4.81. The van der Waals surface area contributed by atoms with Crippen LogP contribution in [0.4, 0.5) is 5.69 Å². The van der Waals surface area contributed by atoms with Gasteiger partial charge in [-0.1, -0.05) is 13.8 Å². The summed E-state index contributed by atoms with van der Waals surface area (Å²) in [6.45, 7) is 4.42. The number of amides is 1. The molecule has 0 saturated heterocycles. The van der Waals surface area contributed by atoms with Crippen molar-refractivity contribution >= 4 is 17.4 Å². The van der Waals surface area contributed by atoms with Crippen LogP contribution in [-0.2, 0) is 4.79 Å². The first-order valence-electron chi connectivity index (χ1n) is 6.16. The molecule has 0 bridgehead atoms. The lowest BCUT2D eigenvalue weighted by Crippen LogP contribution is -2.39. The van der Waals surface area contributed by atoms with Gasteiger partial charge in [0.05, 0.1) is 29.9 Å². The minimum Gasteiger partial charge on any atom is -0.369 e. The molecule has 1 amide bonds. The molecule has 0 saturated carbocycles. The molecule has 0 radical (unpaired) electrons. The van der Waals surface area contributed by atoms with Crippen LogP contribution in [-0.4, -0.2) is 46.1 Å². The zero-order chi connectivity index (χ0) is 15.3. The molecule has 0 atom stereocenters. The molecule has 0 aliphatic heterocycles. The predicted octanol–water partition coefficient (Wildman–Crippen LogP) is 0.549. The van der Waals surface area contributed by atoms with Crippen LogP contribution in [0.2, 0.25) is 0 Å². The van der Waals surface area contributed by atoms with E-state index in [9.17, 15) is 19.7 Å². The summed E-state index contributed by atoms with van der Waals surface area (Å²) in [7, 11) is 0. The maximum atomic E-state index is 12.0. The van der Waals surface area contributed by atoms with Gasteiger partial charge in [0.2, 0.25) is 5.91 Å². The molecular formula is C12H18N4O4. The van der Waals surface area contributed by atoms with Crippen LogP contribution in [0.5, 0.6) is 0 Å². The highest BCUT2D eigenvalue weighted by atomic mass is 16.6. The van der Waals surface area contributed by atoms with E-state index >= 15 is 0 Å². The number of nitrogens with two attached hydrogens (primary N) is 1. The van der Waals surface area contributed by atoms with Crippen LogP contribution >= 0.6 is 0 Å². The second-order valence-electron chi connectivity index (χ2n) is 4.98. The molecule has 110 valence electrons. The lowest BCUT2D eigenvalue weighted by atomic mass is 10.2. The van der Waals surface area contributed by atoms with Gasteiger partial charge < -0.3 is 10.7 Å². The third-order valence-corrected chi connectivity index (χ3v) is 2.55. The van der Waals surface area contributed by atoms with Crippen LogP contribution < -0.4 is 5.73 Å². The first kappa shape index (κ1) is 15.8. The second-order valence-corrected chi connectivity index (χ2v) is 4.98. The fourth-order valence-corrected chi connectivity index (χ4v) is 1.86. The number of nitrogens with one attached hydrogen (secondary N) is 1. The van der Waals surface area contributed by atoms with Gasteiger partial charge in [-0.2, -0.15) is 0 Å². The summed E-state index contributed by atoms with van der Waals surface area (Å²) in [5.41, 5.74) is 5.12. The number of aromatic amines is 1. The van der Waals surface area contributed by atoms with Gasteiger partial charge in [-0.3, -0.25) is 24.6 Å². The van der Waals surface area contributed by atoms with Gasteiger partial charge in [0.1, 0.15) is 0 Å². The number of hydrogen-bond donors (Lipinski definition) is 2. The van der Waals surface area contributed by atoms with Crippen molar-refractivity contribution in [1.82, 2.24) is 9.88 Å². The fraction of sp³-hybridized carbons (Fsp3) is 0.500. The summed E-state index contributed by atoms with van der Waals surface area (Å²) in [5.74, 6) is -0.573. The Hall–Kier alpha value is -2.22. The molecule has 0 aliphatic carbocycles. The maximum absolute atomic E-state index is 12.0. The van der Waals surface area contributed by atoms with Gasteiger partial charge >= 0.3 is 0 Å². The topological polar surface area (TPSA) is 122 Å². The number of nitrogens with zero attached hydrogens (tertiary/aromatic N) is 2. The summed E-state index contributed by atoms with van der Waals surface area (Å²) in [6, 6.07) is 1.18. The first-order chi connectivity index (χ1) is 9.29. The average Bonchev–Trinajstić information content (AvgIpc) is 2.75. The van der Waals surface area contributed by atoms with E-state index in [0.717, 1.165) is 6.20 Å². The maximum Gasteiger partial charge on any atom is 0.287 e. The number of rotatable bonds is 8. The standard InChI is InChI=1S/C12H18N4O4/c1-8(2)5-15(7-12(13)18)6-11(17)10-3-9(4-14-10)16(19)20/h3-4,8,14H,5-7H2,1-2H3,(H2,13,18). The Labute approximate surface area is 116 Å². The van der Waals surface area contributed by atoms with E-state index in [0.29, 0.717) is 6.54 Å². The van der Waals surface area contributed by atoms with E-state index in [4.69, 9.17) is 5.73 Å². The number of carbonyl (C=O) groups excluding carboxylic acids is 2. The Morgan fingerprint density at radius 2 is 2.10 bits per heavy atom. The first-order valence-corrected chi connectivity index (χ1v) is 6.16. The molecule has 8 heteroatoms. The Bertz CT molecular complexity index is 509. The normalized spacial score (nSPS) is 11.0. The van der Waals surface area contributed by atoms with Gasteiger partial charge in [0, 0.05) is 12.6 Å². The Kier molecular flexibility index (Phi) is 5.39. The van der Waals surface area contributed by atoms with E-state index in [1.807, 2.05) is 13.8 Å². The zero-order valence-electron chi connectivity index (χ0n) is 11.5. The SMILES string of the molecule is CC(C)CN(CC(N)=O)CC(=O)c1cc([N+](=O)[O-])c[nH]1. The van der Waals surface area contributed by atoms with Gasteiger partial charge in [-0.25, -0.2) is 0 Å². The van der Waals surface area contributed by atoms with Crippen molar-refractivity contribution in [1.29, 1.82) is 0 Å². The molecule has 1 heterocycles. The lowest BCUT2D eigenvalue weighted by Gasteiger charge is -2.21. The molecule has 1 aromatic rings. The van der Waals surface area contributed by atoms with Crippen molar-refractivity contribution in [2.24, 2.45) is 11.7 Å². The molecule has 0 aliphatic rings. The van der Waals surface area contributed by atoms with E-state index in [-0.39, 0.29) is 36.2 Å². The van der Waals surface area contributed by atoms with Crippen LogP contribution in [0.3, 0.4) is 0 Å². The Morgan fingerprint density at radius 1 is 1.45 bits per heavy atom. The highest BCUT2D eigenvalue weighted by Gasteiger charge is 2.19. The van der Waals surface area contributed by atoms with Gasteiger partial charge in [0.15, 0.2) is 5.78 Å². The van der Waals surface area contributed by atoms with Crippen LogP contribution in [0.1, 0.15) is 24.3 Å². The number of carbonyl (C=O) groups is 2. The Balaban J connectivity index is 2.73. The van der Waals surface area contributed by atoms with Crippen LogP contribution in [0.15, 0.2) is 12.3 Å². The molecule has 0 spiro atoms. The minimum atomic E-state index is -0.581. The van der Waals surface area contributed by atoms with Crippen molar-refractivity contribution in [3.63, 3.8) is 0 Å². The monoisotopic (exact) mass is 282 g/mol. The summed E-state index contributed by atoms with van der Waals surface area (Å²) < 4.78 is 0. The Morgan fingerprint density at radius 3 is 2.55 bits per heavy atom. The largest absolute Gasteiger partial charge is 0.369 e. The lowest BCUT2D eigenvalue weighted by molar-refractivity contribution is -0.384. The van der Waals surface area contributed by atoms with Crippen molar-refractivity contribution in [3.8, 4) is 0 Å². The van der Waals surface area contributed by atoms with Crippen molar-refractivity contribution < 1.29 is 14.5 Å². The average molecular weight is 282 g/mol. The number of nitro groups is 1. The molecule has 1 rings (SSSR count). The fourth-order valence-electron chi connectivity index (χ4n) is 1.86. The minimum absolute atomic E-state index is 0.0151. The quantitative estimate of drug-likeness (QED) is 0.409. The van der Waals surface area contributed by atoms with Crippen molar-refractivity contribution in [2.75, 3.05) is 19.6 Å². The van der Waals surface area contributed by atoms with Crippen molar-refractivity contribution in [3.05, 3.63) is 28.1 Å². The number of ketones is 1. The number of primary amides is 1.